The highest BCUT2D eigenvalue weighted by molar-refractivity contribution is 5.83. The normalized spacial score (nSPS) is 15.4. The van der Waals surface area contributed by atoms with Crippen LogP contribution >= 0.6 is 0 Å². The van der Waals surface area contributed by atoms with Gasteiger partial charge in [-0.05, 0) is 6.92 Å². The van der Waals surface area contributed by atoms with E-state index in [1.54, 1.807) is 0 Å². The second-order valence-corrected chi connectivity index (χ2v) is 6.03. The molecule has 0 rings (SSSR count). The number of carboxylic acids is 1. The Labute approximate surface area is 156 Å². The lowest BCUT2D eigenvalue weighted by Crippen LogP contribution is -2.57. The molecule has 4 atom stereocenters. The van der Waals surface area contributed by atoms with Gasteiger partial charge in [0, 0.05) is 27.1 Å². The maximum atomic E-state index is 12.1. The highest BCUT2D eigenvalue weighted by Crippen LogP contribution is 2.02. The van der Waals surface area contributed by atoms with Crippen molar-refractivity contribution in [3.05, 3.63) is 0 Å². The first kappa shape index (κ1) is 24.5. The topological polar surface area (TPSA) is 212 Å². The summed E-state index contributed by atoms with van der Waals surface area (Å²) in [6.07, 6.45) is -1.37. The number of likely N-dealkylation sites (N-methyl/N-ethyl adjacent to an activating group) is 2. The number of rotatable bonds is 11. The Morgan fingerprint density at radius 2 is 1.70 bits per heavy atom. The first-order valence-corrected chi connectivity index (χ1v) is 8.01. The number of carbonyl (C=O) groups is 4. The van der Waals surface area contributed by atoms with Gasteiger partial charge in [-0.2, -0.15) is 0 Å². The minimum absolute atomic E-state index is 0.0536. The van der Waals surface area contributed by atoms with E-state index in [1.807, 2.05) is 5.32 Å². The molecule has 0 aliphatic rings. The average molecular weight is 392 g/mol. The van der Waals surface area contributed by atoms with E-state index < -0.39 is 54.7 Å². The highest BCUT2D eigenvalue weighted by Gasteiger charge is 2.27. The number of aliphatic hydroxyl groups excluding tert-OH is 2. The van der Waals surface area contributed by atoms with Gasteiger partial charge in [-0.15, -0.1) is 0 Å². The van der Waals surface area contributed by atoms with Crippen LogP contribution in [0.4, 0.5) is 4.79 Å². The fourth-order valence-corrected chi connectivity index (χ4v) is 2.01. The van der Waals surface area contributed by atoms with Gasteiger partial charge in [-0.1, -0.05) is 0 Å². The molecule has 0 aromatic heterocycles. The number of carboxylic acid groups (broad SMARTS) is 1. The fraction of sp³-hybridized carbons (Fsp3) is 0.714. The molecule has 0 aromatic carbocycles. The summed E-state index contributed by atoms with van der Waals surface area (Å²) < 4.78 is 0. The number of aliphatic hydroxyl groups is 2. The molecule has 0 saturated carbocycles. The Hall–Kier alpha value is -2.48. The summed E-state index contributed by atoms with van der Waals surface area (Å²) in [7, 11) is 2.87. The van der Waals surface area contributed by atoms with Crippen LogP contribution in [0, 0.1) is 0 Å². The lowest BCUT2D eigenvalue weighted by molar-refractivity contribution is -0.148. The maximum absolute atomic E-state index is 12.1. The molecular formula is C14H28N6O7. The van der Waals surface area contributed by atoms with Crippen LogP contribution in [0.15, 0.2) is 0 Å². The summed E-state index contributed by atoms with van der Waals surface area (Å²) in [5, 5.41) is 34.0. The van der Waals surface area contributed by atoms with Gasteiger partial charge in [0.1, 0.15) is 6.04 Å². The molecule has 0 bridgehead atoms. The van der Waals surface area contributed by atoms with E-state index in [0.29, 0.717) is 0 Å². The van der Waals surface area contributed by atoms with E-state index >= 15 is 0 Å². The predicted octanol–water partition coefficient (Wildman–Crippen LogP) is -4.01. The van der Waals surface area contributed by atoms with Gasteiger partial charge in [0.2, 0.25) is 5.91 Å². The van der Waals surface area contributed by atoms with Crippen LogP contribution in [0.2, 0.25) is 0 Å². The van der Waals surface area contributed by atoms with Crippen LogP contribution in [0.3, 0.4) is 0 Å². The zero-order chi connectivity index (χ0) is 21.3. The van der Waals surface area contributed by atoms with Crippen molar-refractivity contribution in [1.29, 1.82) is 0 Å². The largest absolute Gasteiger partial charge is 0.480 e. The molecule has 0 aromatic rings. The highest BCUT2D eigenvalue weighted by atomic mass is 16.4. The number of urea groups is 1. The van der Waals surface area contributed by atoms with Crippen molar-refractivity contribution in [1.82, 2.24) is 20.7 Å². The Kier molecular flexibility index (Phi) is 10.2. The molecular weight excluding hydrogens is 364 g/mol. The first-order chi connectivity index (χ1) is 12.4. The van der Waals surface area contributed by atoms with Crippen LogP contribution in [0.1, 0.15) is 13.3 Å². The third-order valence-corrected chi connectivity index (χ3v) is 3.69. The second-order valence-electron chi connectivity index (χ2n) is 6.03. The van der Waals surface area contributed by atoms with E-state index in [9.17, 15) is 24.3 Å². The van der Waals surface area contributed by atoms with Crippen molar-refractivity contribution in [3.8, 4) is 0 Å². The van der Waals surface area contributed by atoms with Crippen molar-refractivity contribution in [2.75, 3.05) is 27.2 Å². The predicted molar refractivity (Wildman–Crippen MR) is 92.8 cm³/mol. The van der Waals surface area contributed by atoms with Gasteiger partial charge in [0.05, 0.1) is 18.8 Å². The third-order valence-electron chi connectivity index (χ3n) is 3.69. The third kappa shape index (κ3) is 8.63. The molecule has 27 heavy (non-hydrogen) atoms. The van der Waals surface area contributed by atoms with Gasteiger partial charge in [0.15, 0.2) is 6.04 Å². The standard InChI is InChI=1S/C14H28N6O7/c1-7(22)11(16)12(24)20(3)19(2)5-8(4-10(15)23)17-14(27)18-9(6-21)13(25)26/h7-9,11,21-22H,4-6,16H2,1-3H3,(H2,15,23)(H,25,26)(H2,17,18,27)/t7?,8-,9-,11-/m0/s1. The summed E-state index contributed by atoms with van der Waals surface area (Å²) in [6.45, 7) is 0.484. The Morgan fingerprint density at radius 3 is 2.11 bits per heavy atom. The molecule has 13 nitrogen and oxygen atoms in total. The van der Waals surface area contributed by atoms with Crippen molar-refractivity contribution in [3.63, 3.8) is 0 Å². The van der Waals surface area contributed by atoms with Gasteiger partial charge in [-0.3, -0.25) is 14.6 Å². The van der Waals surface area contributed by atoms with Crippen LogP contribution in [-0.2, 0) is 14.4 Å². The van der Waals surface area contributed by atoms with Crippen molar-refractivity contribution in [2.45, 2.75) is 37.6 Å². The summed E-state index contributed by atoms with van der Waals surface area (Å²) >= 11 is 0. The van der Waals surface area contributed by atoms with Crippen LogP contribution < -0.4 is 22.1 Å². The molecule has 0 radical (unpaired) electrons. The Bertz CT molecular complexity index is 544. The number of nitrogens with two attached hydrogens (primary N) is 2. The van der Waals surface area contributed by atoms with Crippen molar-refractivity contribution < 1.29 is 34.5 Å². The minimum atomic E-state index is -1.52. The molecule has 156 valence electrons. The van der Waals surface area contributed by atoms with E-state index in [4.69, 9.17) is 21.7 Å². The van der Waals surface area contributed by atoms with E-state index in [-0.39, 0.29) is 13.0 Å². The lowest BCUT2D eigenvalue weighted by Gasteiger charge is -2.33. The fourth-order valence-electron chi connectivity index (χ4n) is 2.01. The number of nitrogens with zero attached hydrogens (tertiary/aromatic N) is 2. The molecule has 0 fully saturated rings. The van der Waals surface area contributed by atoms with Gasteiger partial charge >= 0.3 is 12.0 Å². The SMILES string of the molecule is CC(O)[C@H](N)C(=O)N(C)N(C)C[C@H](CC(N)=O)NC(=O)N[C@@H](CO)C(=O)O. The molecule has 0 aliphatic heterocycles. The molecule has 0 spiro atoms. The summed E-state index contributed by atoms with van der Waals surface area (Å²) in [4.78, 5) is 46.1. The van der Waals surface area contributed by atoms with Crippen molar-refractivity contribution in [2.24, 2.45) is 11.5 Å². The monoisotopic (exact) mass is 392 g/mol. The van der Waals surface area contributed by atoms with E-state index in [1.165, 1.54) is 26.0 Å². The molecule has 0 aliphatic carbocycles. The number of amides is 4. The minimum Gasteiger partial charge on any atom is -0.480 e. The van der Waals surface area contributed by atoms with Gasteiger partial charge < -0.3 is 37.4 Å². The molecule has 13 heteroatoms. The molecule has 1 unspecified atom stereocenters. The molecule has 0 heterocycles. The van der Waals surface area contributed by atoms with E-state index in [2.05, 4.69) is 5.32 Å². The summed E-state index contributed by atoms with van der Waals surface area (Å²) in [5.41, 5.74) is 10.7. The zero-order valence-corrected chi connectivity index (χ0v) is 15.5. The average Bonchev–Trinajstić information content (AvgIpc) is 2.56. The number of hydrazine groups is 1. The lowest BCUT2D eigenvalue weighted by atomic mass is 10.2. The quantitative estimate of drug-likeness (QED) is 0.170. The van der Waals surface area contributed by atoms with Crippen LogP contribution in [0.5, 0.6) is 0 Å². The number of carbonyl (C=O) groups excluding carboxylic acids is 3. The zero-order valence-electron chi connectivity index (χ0n) is 15.5. The molecule has 9 N–H and O–H groups in total. The van der Waals surface area contributed by atoms with Gasteiger partial charge in [-0.25, -0.2) is 14.6 Å². The van der Waals surface area contributed by atoms with Crippen LogP contribution in [-0.4, -0.2) is 101 Å². The second kappa shape index (κ2) is 11.3. The number of primary amides is 1. The Morgan fingerprint density at radius 1 is 1.15 bits per heavy atom. The smallest absolute Gasteiger partial charge is 0.328 e. The number of nitrogens with one attached hydrogen (secondary N) is 2. The maximum Gasteiger partial charge on any atom is 0.328 e. The van der Waals surface area contributed by atoms with Gasteiger partial charge in [0.25, 0.3) is 5.91 Å². The Balaban J connectivity index is 4.99. The molecule has 0 saturated heterocycles. The summed E-state index contributed by atoms with van der Waals surface area (Å²) in [5.74, 6) is -2.77. The first-order valence-electron chi connectivity index (χ1n) is 8.01. The number of hydrogen-bond acceptors (Lipinski definition) is 8. The van der Waals surface area contributed by atoms with Crippen molar-refractivity contribution >= 4 is 23.8 Å². The van der Waals surface area contributed by atoms with Crippen LogP contribution in [0.25, 0.3) is 0 Å². The summed E-state index contributed by atoms with van der Waals surface area (Å²) in [6, 6.07) is -4.50. The van der Waals surface area contributed by atoms with E-state index in [0.717, 1.165) is 5.01 Å². The number of hydrogen-bond donors (Lipinski definition) is 7. The number of aliphatic carboxylic acids is 1. The molecule has 4 amide bonds.